The number of rotatable bonds is 10. The second-order valence-electron chi connectivity index (χ2n) is 8.85. The fourth-order valence-electron chi connectivity index (χ4n) is 3.92. The molecule has 0 unspecified atom stereocenters. The number of hydrogen-bond acceptors (Lipinski definition) is 14. The van der Waals surface area contributed by atoms with Gasteiger partial charge in [-0.3, -0.25) is 23.7 Å². The van der Waals surface area contributed by atoms with E-state index in [9.17, 15) is 52.4 Å². The molecule has 1 saturated carbocycles. The van der Waals surface area contributed by atoms with Crippen molar-refractivity contribution in [1.82, 2.24) is 24.7 Å². The molecule has 41 heavy (non-hydrogen) atoms. The van der Waals surface area contributed by atoms with E-state index in [0.29, 0.717) is 18.7 Å². The van der Waals surface area contributed by atoms with Crippen LogP contribution in [-0.2, 0) is 29.5 Å². The minimum Gasteiger partial charge on any atom is -0.503 e. The van der Waals surface area contributed by atoms with Crippen LogP contribution in [0.15, 0.2) is 27.6 Å². The number of nitrogen functional groups attached to an aromatic ring is 1. The Labute approximate surface area is 232 Å². The van der Waals surface area contributed by atoms with Crippen molar-refractivity contribution in [3.63, 3.8) is 0 Å². The number of nitrogens with zero attached hydrogens (tertiary/aromatic N) is 4. The van der Waals surface area contributed by atoms with Crippen molar-refractivity contribution in [3.05, 3.63) is 39.3 Å². The number of carboxylic acid groups (broad SMARTS) is 1. The summed E-state index contributed by atoms with van der Waals surface area (Å²) in [6.45, 7) is -0.737. The number of anilines is 1. The summed E-state index contributed by atoms with van der Waals surface area (Å²) in [4.78, 5) is 70.6. The first-order valence-electron chi connectivity index (χ1n) is 11.4. The van der Waals surface area contributed by atoms with E-state index in [0.717, 1.165) is 11.3 Å². The van der Waals surface area contributed by atoms with Crippen LogP contribution < -0.4 is 21.8 Å². The third kappa shape index (κ3) is 5.62. The van der Waals surface area contributed by atoms with Gasteiger partial charge in [-0.2, -0.15) is 13.1 Å². The number of amides is 3. The molecule has 3 amide bonds. The molecule has 21 heteroatoms. The van der Waals surface area contributed by atoms with Crippen molar-refractivity contribution in [3.8, 4) is 5.75 Å². The van der Waals surface area contributed by atoms with Crippen molar-refractivity contribution in [2.45, 2.75) is 36.9 Å². The third-order valence-electron chi connectivity index (χ3n) is 6.26. The van der Waals surface area contributed by atoms with Crippen LogP contribution in [0.5, 0.6) is 5.75 Å². The zero-order valence-electron chi connectivity index (χ0n) is 20.5. The highest BCUT2D eigenvalue weighted by Crippen LogP contribution is 2.36. The molecular formula is C20H21N7O12S2. The minimum atomic E-state index is -5.17. The molecular weight excluding hydrogens is 594 g/mol. The summed E-state index contributed by atoms with van der Waals surface area (Å²) in [5.74, 6) is -5.81. The second-order valence-corrected chi connectivity index (χ2v) is 11.0. The average Bonchev–Trinajstić information content (AvgIpc) is 3.28. The summed E-state index contributed by atoms with van der Waals surface area (Å²) in [7, 11) is -5.17. The van der Waals surface area contributed by atoms with Crippen LogP contribution in [0.25, 0.3) is 0 Å². The topological polar surface area (TPSA) is 293 Å². The van der Waals surface area contributed by atoms with Gasteiger partial charge in [0.05, 0.1) is 12.2 Å². The number of oxime groups is 1. The molecule has 0 aromatic carbocycles. The van der Waals surface area contributed by atoms with Crippen LogP contribution in [0.1, 0.15) is 35.4 Å². The molecule has 2 aromatic heterocycles. The Morgan fingerprint density at radius 3 is 2.51 bits per heavy atom. The molecule has 0 radical (unpaired) electrons. The summed E-state index contributed by atoms with van der Waals surface area (Å²) in [5, 5.41) is 37.9. The molecule has 3 heterocycles. The predicted octanol–water partition coefficient (Wildman–Crippen LogP) is -2.51. The number of aliphatic carboxylic acids is 1. The number of β-lactam (4-membered cyclic amide) rings is 1. The van der Waals surface area contributed by atoms with Gasteiger partial charge in [-0.05, 0) is 6.42 Å². The Hall–Kier alpha value is -4.76. The van der Waals surface area contributed by atoms with Gasteiger partial charge in [-0.1, -0.05) is 5.16 Å². The monoisotopic (exact) mass is 615 g/mol. The van der Waals surface area contributed by atoms with Crippen LogP contribution in [0.2, 0.25) is 0 Å². The van der Waals surface area contributed by atoms with Crippen molar-refractivity contribution < 1.29 is 52.4 Å². The molecule has 4 rings (SSSR count). The Morgan fingerprint density at radius 1 is 1.29 bits per heavy atom. The second kappa shape index (κ2) is 10.7. The van der Waals surface area contributed by atoms with Crippen LogP contribution >= 0.6 is 11.3 Å². The molecule has 19 nitrogen and oxygen atoms in total. The lowest BCUT2D eigenvalue weighted by atomic mass is 9.80. The number of carbonyl (C=O) groups excluding carboxylic acids is 3. The van der Waals surface area contributed by atoms with Crippen LogP contribution in [0.4, 0.5) is 5.13 Å². The maximum Gasteiger partial charge on any atom is 0.362 e. The first-order valence-corrected chi connectivity index (χ1v) is 13.7. The SMILES string of the molecule is Nc1nc(C(=NOC2(C(=O)O)CCC2)C(=O)N[C@@H]2C(=O)N(S(=O)(=O)O)[C@H]2CNC(=O)c2cc(=O)c(O)cn2O)cs1. The summed E-state index contributed by atoms with van der Waals surface area (Å²) >= 11 is 0.904. The highest BCUT2D eigenvalue weighted by Gasteiger charge is 2.54. The van der Waals surface area contributed by atoms with E-state index < -0.39 is 80.8 Å². The molecule has 1 aliphatic heterocycles. The van der Waals surface area contributed by atoms with Crippen molar-refractivity contribution in [2.75, 3.05) is 12.3 Å². The first-order chi connectivity index (χ1) is 19.1. The standard InChI is InChI=1S/C20H21N7O12S2/c21-19-23-8(7-40-19)13(25-39-20(18(33)34)2-1-3-20)16(31)24-14-10(27(17(14)32)41(36,37)38)5-22-15(30)9-4-11(28)12(29)6-26(9)35/h4,6-7,10,14,29,35H,1-3,5H2,(H2,21,23)(H,22,30)(H,24,31)(H,33,34)(H,36,37,38)/t10-,14-/m0/s1. The lowest BCUT2D eigenvalue weighted by Crippen LogP contribution is -2.74. The number of hydrogen-bond donors (Lipinski definition) is 7. The third-order valence-corrected chi connectivity index (χ3v) is 7.88. The number of carbonyl (C=O) groups is 4. The number of thiazole rings is 1. The molecule has 2 aromatic rings. The molecule has 1 saturated heterocycles. The van der Waals surface area contributed by atoms with Crippen LogP contribution in [0.3, 0.4) is 0 Å². The van der Waals surface area contributed by atoms with Crippen LogP contribution in [-0.4, -0.2) is 96.0 Å². The van der Waals surface area contributed by atoms with Gasteiger partial charge < -0.3 is 36.6 Å². The highest BCUT2D eigenvalue weighted by molar-refractivity contribution is 7.84. The maximum atomic E-state index is 13.2. The van der Waals surface area contributed by atoms with Gasteiger partial charge in [0.25, 0.3) is 17.7 Å². The zero-order chi connectivity index (χ0) is 30.3. The van der Waals surface area contributed by atoms with Gasteiger partial charge in [-0.15, -0.1) is 11.3 Å². The first kappa shape index (κ1) is 29.2. The summed E-state index contributed by atoms with van der Waals surface area (Å²) in [6, 6.07) is -2.72. The molecule has 2 fully saturated rings. The molecule has 2 atom stereocenters. The fourth-order valence-corrected chi connectivity index (χ4v) is 5.35. The van der Waals surface area contributed by atoms with Gasteiger partial charge in [-0.25, -0.2) is 14.1 Å². The summed E-state index contributed by atoms with van der Waals surface area (Å²) in [6.07, 6.45) is 1.27. The van der Waals surface area contributed by atoms with Gasteiger partial charge >= 0.3 is 16.3 Å². The summed E-state index contributed by atoms with van der Waals surface area (Å²) < 4.78 is 33.2. The lowest BCUT2D eigenvalue weighted by molar-refractivity contribution is -0.178. The van der Waals surface area contributed by atoms with E-state index in [-0.39, 0.29) is 32.7 Å². The van der Waals surface area contributed by atoms with E-state index in [4.69, 9.17) is 10.6 Å². The molecule has 0 spiro atoms. The molecule has 0 bridgehead atoms. The van der Waals surface area contributed by atoms with Crippen molar-refractivity contribution in [1.29, 1.82) is 0 Å². The van der Waals surface area contributed by atoms with Crippen LogP contribution in [0, 0.1) is 0 Å². The van der Waals surface area contributed by atoms with E-state index >= 15 is 0 Å². The lowest BCUT2D eigenvalue weighted by Gasteiger charge is -2.44. The Morgan fingerprint density at radius 2 is 1.98 bits per heavy atom. The smallest absolute Gasteiger partial charge is 0.362 e. The molecule has 220 valence electrons. The minimum absolute atomic E-state index is 0.00606. The highest BCUT2D eigenvalue weighted by atomic mass is 32.2. The van der Waals surface area contributed by atoms with E-state index in [2.05, 4.69) is 20.8 Å². The number of nitrogens with one attached hydrogen (secondary N) is 2. The number of aromatic nitrogens is 2. The molecule has 1 aliphatic carbocycles. The Kier molecular flexibility index (Phi) is 7.60. The van der Waals surface area contributed by atoms with Gasteiger partial charge in [0.2, 0.25) is 11.0 Å². The zero-order valence-corrected chi connectivity index (χ0v) is 22.1. The quantitative estimate of drug-likeness (QED) is 0.0477. The normalized spacial score (nSPS) is 20.0. The maximum absolute atomic E-state index is 13.2. The number of aromatic hydroxyl groups is 1. The predicted molar refractivity (Wildman–Crippen MR) is 134 cm³/mol. The van der Waals surface area contributed by atoms with E-state index in [1.165, 1.54) is 5.38 Å². The molecule has 2 aliphatic rings. The van der Waals surface area contributed by atoms with Crippen molar-refractivity contribution >= 4 is 56.2 Å². The van der Waals surface area contributed by atoms with Crippen molar-refractivity contribution in [2.24, 2.45) is 5.16 Å². The van der Waals surface area contributed by atoms with Gasteiger partial charge in [0.15, 0.2) is 16.6 Å². The fraction of sp³-hybridized carbons (Fsp3) is 0.350. The van der Waals surface area contributed by atoms with Gasteiger partial charge in [0, 0.05) is 30.8 Å². The number of nitrogens with two attached hydrogens (primary N) is 1. The van der Waals surface area contributed by atoms with Gasteiger partial charge in [0.1, 0.15) is 17.4 Å². The van der Waals surface area contributed by atoms with E-state index in [1.54, 1.807) is 0 Å². The summed E-state index contributed by atoms with van der Waals surface area (Å²) in [5.41, 5.74) is 1.49. The largest absolute Gasteiger partial charge is 0.503 e. The Balaban J connectivity index is 1.56. The average molecular weight is 616 g/mol. The molecule has 8 N–H and O–H groups in total. The Bertz CT molecular complexity index is 1630. The van der Waals surface area contributed by atoms with E-state index in [1.807, 2.05) is 0 Å². The number of carboxylic acids is 1. The number of pyridine rings is 1.